The lowest BCUT2D eigenvalue weighted by atomic mass is 9.81. The van der Waals surface area contributed by atoms with Crippen LogP contribution in [0.3, 0.4) is 0 Å². The van der Waals surface area contributed by atoms with Crippen LogP contribution in [0.5, 0.6) is 0 Å². The molecule has 122 valence electrons. The summed E-state index contributed by atoms with van der Waals surface area (Å²) in [6, 6.07) is 1.55. The first-order chi connectivity index (χ1) is 10.5. The van der Waals surface area contributed by atoms with E-state index >= 15 is 0 Å². The Kier molecular flexibility index (Phi) is 5.54. The second-order valence-corrected chi connectivity index (χ2v) is 6.22. The molecule has 2 heterocycles. The van der Waals surface area contributed by atoms with E-state index in [0.29, 0.717) is 18.5 Å². The molecule has 22 heavy (non-hydrogen) atoms. The smallest absolute Gasteiger partial charge is 0.220 e. The van der Waals surface area contributed by atoms with E-state index in [9.17, 15) is 14.7 Å². The molecule has 2 atom stereocenters. The number of hydrogen-bond acceptors (Lipinski definition) is 5. The summed E-state index contributed by atoms with van der Waals surface area (Å²) in [6.45, 7) is 5.81. The fraction of sp³-hybridized carbons (Fsp3) is 0.667. The Morgan fingerprint density at radius 1 is 1.50 bits per heavy atom. The van der Waals surface area contributed by atoms with Crippen LogP contribution in [0.15, 0.2) is 10.6 Å². The van der Waals surface area contributed by atoms with Crippen LogP contribution in [0.25, 0.3) is 0 Å². The van der Waals surface area contributed by atoms with Gasteiger partial charge in [-0.05, 0) is 19.8 Å². The first kappa shape index (κ1) is 16.5. The molecule has 0 aliphatic carbocycles. The number of carboxylic acid groups (broad SMARTS) is 1. The SMILES string of the molecule is CC(C)NC(=O)C[C@@H]1CC[NH2+]C[C@@H]1Cc1cc(C(=O)[O-])on1. The highest BCUT2D eigenvalue weighted by molar-refractivity contribution is 5.82. The molecule has 0 saturated carbocycles. The standard InChI is InChI=1S/C15H23N3O4/c1-9(2)17-14(19)6-10-3-4-16-8-11(10)5-12-7-13(15(20)21)22-18-12/h7,9-11,16H,3-6,8H2,1-2H3,(H,17,19)(H,20,21)/t10-,11-/m0/s1. The number of piperidine rings is 1. The van der Waals surface area contributed by atoms with Gasteiger partial charge < -0.3 is 25.1 Å². The number of nitrogens with zero attached hydrogens (tertiary/aromatic N) is 1. The van der Waals surface area contributed by atoms with Crippen molar-refractivity contribution < 1.29 is 24.5 Å². The van der Waals surface area contributed by atoms with Gasteiger partial charge in [-0.2, -0.15) is 0 Å². The Bertz CT molecular complexity index is 527. The molecule has 7 nitrogen and oxygen atoms in total. The molecule has 0 unspecified atom stereocenters. The Morgan fingerprint density at radius 3 is 2.91 bits per heavy atom. The molecule has 1 aromatic rings. The summed E-state index contributed by atoms with van der Waals surface area (Å²) in [7, 11) is 0. The molecule has 0 radical (unpaired) electrons. The van der Waals surface area contributed by atoms with Crippen molar-refractivity contribution in [1.29, 1.82) is 0 Å². The molecule has 3 N–H and O–H groups in total. The van der Waals surface area contributed by atoms with Crippen LogP contribution in [-0.4, -0.2) is 36.2 Å². The molecule has 1 aliphatic heterocycles. The lowest BCUT2D eigenvalue weighted by Crippen LogP contribution is -2.88. The molecule has 7 heteroatoms. The van der Waals surface area contributed by atoms with Gasteiger partial charge in [0.05, 0.1) is 18.8 Å². The second-order valence-electron chi connectivity index (χ2n) is 6.22. The number of rotatable bonds is 6. The van der Waals surface area contributed by atoms with E-state index in [0.717, 1.165) is 19.5 Å². The van der Waals surface area contributed by atoms with Gasteiger partial charge in [-0.3, -0.25) is 4.79 Å². The largest absolute Gasteiger partial charge is 0.541 e. The van der Waals surface area contributed by atoms with Crippen molar-refractivity contribution in [1.82, 2.24) is 10.5 Å². The average Bonchev–Trinajstić information content (AvgIpc) is 2.89. The number of carboxylic acids is 1. The lowest BCUT2D eigenvalue weighted by molar-refractivity contribution is -0.672. The number of aromatic carboxylic acids is 1. The maximum atomic E-state index is 12.0. The molecule has 2 rings (SSSR count). The molecule has 0 aromatic carbocycles. The van der Waals surface area contributed by atoms with Gasteiger partial charge in [0.15, 0.2) is 5.76 Å². The predicted molar refractivity (Wildman–Crippen MR) is 75.7 cm³/mol. The third-order valence-corrected chi connectivity index (χ3v) is 4.01. The topological polar surface area (TPSA) is 112 Å². The van der Waals surface area contributed by atoms with Gasteiger partial charge in [-0.15, -0.1) is 0 Å². The molecule has 1 saturated heterocycles. The molecule has 0 spiro atoms. The highest BCUT2D eigenvalue weighted by atomic mass is 16.5. The van der Waals surface area contributed by atoms with Crippen LogP contribution in [0.4, 0.5) is 0 Å². The fourth-order valence-corrected chi connectivity index (χ4v) is 3.00. The van der Waals surface area contributed by atoms with Crippen molar-refractivity contribution in [2.24, 2.45) is 11.8 Å². The number of carbonyl (C=O) groups is 2. The quantitative estimate of drug-likeness (QED) is 0.678. The third-order valence-electron chi connectivity index (χ3n) is 4.01. The minimum Gasteiger partial charge on any atom is -0.541 e. The van der Waals surface area contributed by atoms with Gasteiger partial charge in [0.25, 0.3) is 0 Å². The number of carbonyl (C=O) groups excluding carboxylic acids is 2. The zero-order valence-electron chi connectivity index (χ0n) is 13.0. The summed E-state index contributed by atoms with van der Waals surface area (Å²) in [5, 5.41) is 19.6. The summed E-state index contributed by atoms with van der Waals surface area (Å²) >= 11 is 0. The minimum absolute atomic E-state index is 0.0717. The van der Waals surface area contributed by atoms with E-state index in [1.807, 2.05) is 13.8 Å². The summed E-state index contributed by atoms with van der Waals surface area (Å²) < 4.78 is 4.74. The maximum absolute atomic E-state index is 12.0. The van der Waals surface area contributed by atoms with Crippen LogP contribution >= 0.6 is 0 Å². The van der Waals surface area contributed by atoms with E-state index in [-0.39, 0.29) is 29.5 Å². The maximum Gasteiger partial charge on any atom is 0.220 e. The second kappa shape index (κ2) is 7.40. The number of amides is 1. The zero-order valence-corrected chi connectivity index (χ0v) is 13.0. The molecule has 1 fully saturated rings. The van der Waals surface area contributed by atoms with E-state index in [1.54, 1.807) is 0 Å². The van der Waals surface area contributed by atoms with Crippen LogP contribution in [0.1, 0.15) is 42.9 Å². The lowest BCUT2D eigenvalue weighted by Gasteiger charge is -2.29. The third kappa shape index (κ3) is 4.56. The van der Waals surface area contributed by atoms with Gasteiger partial charge in [0, 0.05) is 37.3 Å². The minimum atomic E-state index is -1.36. The Balaban J connectivity index is 1.96. The van der Waals surface area contributed by atoms with Gasteiger partial charge in [0.2, 0.25) is 5.91 Å². The Hall–Kier alpha value is -1.89. The molecular weight excluding hydrogens is 286 g/mol. The van der Waals surface area contributed by atoms with Crippen LogP contribution in [0, 0.1) is 11.8 Å². The molecule has 1 aliphatic rings. The summed E-state index contributed by atoms with van der Waals surface area (Å²) in [6.07, 6.45) is 2.09. The average molecular weight is 309 g/mol. The Labute approximate surface area is 129 Å². The molecular formula is C15H23N3O4. The van der Waals surface area contributed by atoms with E-state index < -0.39 is 5.97 Å². The van der Waals surface area contributed by atoms with Gasteiger partial charge in [-0.25, -0.2) is 0 Å². The fourth-order valence-electron chi connectivity index (χ4n) is 3.00. The van der Waals surface area contributed by atoms with Gasteiger partial charge in [-0.1, -0.05) is 5.16 Å². The molecule has 1 aromatic heterocycles. The zero-order chi connectivity index (χ0) is 16.1. The van der Waals surface area contributed by atoms with Crippen molar-refractivity contribution in [2.45, 2.75) is 39.2 Å². The normalized spacial score (nSPS) is 21.8. The number of quaternary nitrogens is 1. The van der Waals surface area contributed by atoms with Crippen molar-refractivity contribution in [3.05, 3.63) is 17.5 Å². The highest BCUT2D eigenvalue weighted by Gasteiger charge is 2.30. The highest BCUT2D eigenvalue weighted by Crippen LogP contribution is 2.24. The monoisotopic (exact) mass is 309 g/mol. The Morgan fingerprint density at radius 2 is 2.27 bits per heavy atom. The van der Waals surface area contributed by atoms with Crippen LogP contribution in [-0.2, 0) is 11.2 Å². The van der Waals surface area contributed by atoms with E-state index in [4.69, 9.17) is 4.52 Å². The first-order valence-electron chi connectivity index (χ1n) is 7.73. The van der Waals surface area contributed by atoms with Crippen molar-refractivity contribution >= 4 is 11.9 Å². The molecule has 0 bridgehead atoms. The van der Waals surface area contributed by atoms with Gasteiger partial charge >= 0.3 is 0 Å². The van der Waals surface area contributed by atoms with E-state index in [1.165, 1.54) is 6.07 Å². The van der Waals surface area contributed by atoms with Gasteiger partial charge in [0.1, 0.15) is 5.97 Å². The predicted octanol–water partition coefficient (Wildman–Crippen LogP) is -1.31. The first-order valence-corrected chi connectivity index (χ1v) is 7.73. The summed E-state index contributed by atoms with van der Waals surface area (Å²) in [4.78, 5) is 22.7. The van der Waals surface area contributed by atoms with Crippen LogP contribution in [0.2, 0.25) is 0 Å². The summed E-state index contributed by atoms with van der Waals surface area (Å²) in [5.41, 5.74) is 0.605. The number of nitrogens with two attached hydrogens (primary N) is 1. The van der Waals surface area contributed by atoms with Crippen molar-refractivity contribution in [2.75, 3.05) is 13.1 Å². The van der Waals surface area contributed by atoms with Crippen LogP contribution < -0.4 is 15.7 Å². The van der Waals surface area contributed by atoms with Crippen molar-refractivity contribution in [3.63, 3.8) is 0 Å². The van der Waals surface area contributed by atoms with E-state index in [2.05, 4.69) is 15.8 Å². The number of aromatic nitrogens is 1. The number of hydrogen-bond donors (Lipinski definition) is 2. The molecule has 1 amide bonds. The number of nitrogens with one attached hydrogen (secondary N) is 1. The van der Waals surface area contributed by atoms with Crippen molar-refractivity contribution in [3.8, 4) is 0 Å². The summed E-state index contributed by atoms with van der Waals surface area (Å²) in [5.74, 6) is -0.966.